The molecule has 1 fully saturated rings. The summed E-state index contributed by atoms with van der Waals surface area (Å²) in [6, 6.07) is 0. The zero-order valence-electron chi connectivity index (χ0n) is 7.45. The van der Waals surface area contributed by atoms with Gasteiger partial charge in [0.15, 0.2) is 0 Å². The highest BCUT2D eigenvalue weighted by atomic mass is 32.1. The van der Waals surface area contributed by atoms with Gasteiger partial charge in [-0.15, -0.1) is 11.3 Å². The van der Waals surface area contributed by atoms with Crippen molar-refractivity contribution in [3.05, 3.63) is 16.6 Å². The number of aromatic nitrogens is 1. The van der Waals surface area contributed by atoms with Crippen LogP contribution < -0.4 is 5.73 Å². The van der Waals surface area contributed by atoms with E-state index in [0.717, 1.165) is 6.54 Å². The Kier molecular flexibility index (Phi) is 1.73. The third kappa shape index (κ3) is 1.00. The van der Waals surface area contributed by atoms with Crippen molar-refractivity contribution in [3.63, 3.8) is 0 Å². The standard InChI is InChI=1S/C9H14N2S/c1-9(2)6(3-10)8(9)7-4-11-5-12-7/h4-6,8H,3,10H2,1-2H3/t6-,8+/m1/s1. The smallest absolute Gasteiger partial charge is 0.0794 e. The summed E-state index contributed by atoms with van der Waals surface area (Å²) in [4.78, 5) is 5.49. The first-order valence-corrected chi connectivity index (χ1v) is 5.14. The molecule has 0 aliphatic heterocycles. The van der Waals surface area contributed by atoms with Crippen LogP contribution in [0.5, 0.6) is 0 Å². The monoisotopic (exact) mass is 182 g/mol. The maximum Gasteiger partial charge on any atom is 0.0794 e. The SMILES string of the molecule is CC1(C)[C@H](CN)[C@H]1c1cncs1. The summed E-state index contributed by atoms with van der Waals surface area (Å²) in [5.41, 5.74) is 7.99. The minimum atomic E-state index is 0.404. The van der Waals surface area contributed by atoms with Crippen molar-refractivity contribution in [1.29, 1.82) is 0 Å². The van der Waals surface area contributed by atoms with Gasteiger partial charge in [-0.3, -0.25) is 4.98 Å². The quantitative estimate of drug-likeness (QED) is 0.758. The summed E-state index contributed by atoms with van der Waals surface area (Å²) in [6.45, 7) is 5.37. The number of hydrogen-bond acceptors (Lipinski definition) is 3. The molecule has 0 saturated heterocycles. The number of nitrogens with two attached hydrogens (primary N) is 1. The lowest BCUT2D eigenvalue weighted by molar-refractivity contribution is 0.559. The molecule has 1 aromatic heterocycles. The van der Waals surface area contributed by atoms with E-state index in [1.165, 1.54) is 4.88 Å². The second-order valence-electron chi connectivity index (χ2n) is 4.05. The first-order chi connectivity index (χ1) is 5.68. The molecule has 1 aliphatic rings. The minimum absolute atomic E-state index is 0.404. The summed E-state index contributed by atoms with van der Waals surface area (Å²) < 4.78 is 0. The van der Waals surface area contributed by atoms with Gasteiger partial charge in [-0.05, 0) is 17.9 Å². The molecule has 2 rings (SSSR count). The Balaban J connectivity index is 2.19. The van der Waals surface area contributed by atoms with Gasteiger partial charge in [0.2, 0.25) is 0 Å². The van der Waals surface area contributed by atoms with Crippen LogP contribution in [-0.2, 0) is 0 Å². The van der Waals surface area contributed by atoms with Gasteiger partial charge in [0.1, 0.15) is 0 Å². The van der Waals surface area contributed by atoms with E-state index in [1.54, 1.807) is 11.3 Å². The highest BCUT2D eigenvalue weighted by molar-refractivity contribution is 7.09. The number of rotatable bonds is 2. The van der Waals surface area contributed by atoms with Crippen LogP contribution >= 0.6 is 11.3 Å². The Morgan fingerprint density at radius 2 is 2.42 bits per heavy atom. The van der Waals surface area contributed by atoms with Gasteiger partial charge in [0, 0.05) is 17.0 Å². The molecular formula is C9H14N2S. The van der Waals surface area contributed by atoms with E-state index in [2.05, 4.69) is 18.8 Å². The van der Waals surface area contributed by atoms with Crippen molar-refractivity contribution in [2.24, 2.45) is 17.1 Å². The van der Waals surface area contributed by atoms with Gasteiger partial charge in [-0.2, -0.15) is 0 Å². The second-order valence-corrected chi connectivity index (χ2v) is 4.96. The predicted molar refractivity (Wildman–Crippen MR) is 51.2 cm³/mol. The molecule has 66 valence electrons. The van der Waals surface area contributed by atoms with Gasteiger partial charge in [-0.1, -0.05) is 13.8 Å². The number of nitrogens with zero attached hydrogens (tertiary/aromatic N) is 1. The Bertz CT molecular complexity index is 266. The molecule has 0 unspecified atom stereocenters. The second kappa shape index (κ2) is 2.54. The number of hydrogen-bond donors (Lipinski definition) is 1. The molecule has 0 aromatic carbocycles. The van der Waals surface area contributed by atoms with Crippen LogP contribution in [0, 0.1) is 11.3 Å². The molecule has 2 N–H and O–H groups in total. The lowest BCUT2D eigenvalue weighted by Gasteiger charge is -1.98. The molecule has 1 heterocycles. The van der Waals surface area contributed by atoms with E-state index in [1.807, 2.05) is 11.7 Å². The normalized spacial score (nSPS) is 31.9. The van der Waals surface area contributed by atoms with Crippen LogP contribution in [0.15, 0.2) is 11.7 Å². The average molecular weight is 182 g/mol. The van der Waals surface area contributed by atoms with Gasteiger partial charge in [-0.25, -0.2) is 0 Å². The molecule has 1 saturated carbocycles. The van der Waals surface area contributed by atoms with Gasteiger partial charge in [0.25, 0.3) is 0 Å². The third-order valence-corrected chi connectivity index (χ3v) is 3.92. The summed E-state index contributed by atoms with van der Waals surface area (Å²) in [5, 5.41) is 0. The fraction of sp³-hybridized carbons (Fsp3) is 0.667. The summed E-state index contributed by atoms with van der Waals surface area (Å²) in [6.07, 6.45) is 1.98. The molecular weight excluding hydrogens is 168 g/mol. The van der Waals surface area contributed by atoms with Crippen LogP contribution in [0.1, 0.15) is 24.6 Å². The van der Waals surface area contributed by atoms with Crippen molar-refractivity contribution in [3.8, 4) is 0 Å². The van der Waals surface area contributed by atoms with Gasteiger partial charge < -0.3 is 5.73 Å². The fourth-order valence-electron chi connectivity index (χ4n) is 2.13. The van der Waals surface area contributed by atoms with E-state index >= 15 is 0 Å². The maximum atomic E-state index is 5.69. The largest absolute Gasteiger partial charge is 0.330 e. The summed E-state index contributed by atoms with van der Waals surface area (Å²) in [7, 11) is 0. The van der Waals surface area contributed by atoms with Crippen LogP contribution in [-0.4, -0.2) is 11.5 Å². The van der Waals surface area contributed by atoms with Crippen molar-refractivity contribution in [2.45, 2.75) is 19.8 Å². The Hall–Kier alpha value is -0.410. The molecule has 1 aliphatic carbocycles. The van der Waals surface area contributed by atoms with E-state index < -0.39 is 0 Å². The van der Waals surface area contributed by atoms with Crippen molar-refractivity contribution in [2.75, 3.05) is 6.54 Å². The van der Waals surface area contributed by atoms with Crippen LogP contribution in [0.4, 0.5) is 0 Å². The number of thiazole rings is 1. The predicted octanol–water partition coefficient (Wildman–Crippen LogP) is 1.84. The average Bonchev–Trinajstić information content (AvgIpc) is 2.50. The molecule has 0 bridgehead atoms. The third-order valence-electron chi connectivity index (χ3n) is 3.06. The Morgan fingerprint density at radius 3 is 2.83 bits per heavy atom. The lowest BCUT2D eigenvalue weighted by Crippen LogP contribution is -2.05. The van der Waals surface area contributed by atoms with E-state index in [9.17, 15) is 0 Å². The minimum Gasteiger partial charge on any atom is -0.330 e. The lowest BCUT2D eigenvalue weighted by atomic mass is 10.1. The molecule has 12 heavy (non-hydrogen) atoms. The highest BCUT2D eigenvalue weighted by Gasteiger charge is 2.57. The van der Waals surface area contributed by atoms with E-state index in [4.69, 9.17) is 5.73 Å². The zero-order chi connectivity index (χ0) is 8.77. The zero-order valence-corrected chi connectivity index (χ0v) is 8.27. The molecule has 2 atom stereocenters. The molecule has 3 heteroatoms. The van der Waals surface area contributed by atoms with E-state index in [0.29, 0.717) is 17.3 Å². The molecule has 1 aromatic rings. The van der Waals surface area contributed by atoms with Crippen LogP contribution in [0.3, 0.4) is 0 Å². The molecule has 2 nitrogen and oxygen atoms in total. The van der Waals surface area contributed by atoms with Crippen molar-refractivity contribution >= 4 is 11.3 Å². The maximum absolute atomic E-state index is 5.69. The van der Waals surface area contributed by atoms with Crippen LogP contribution in [0.2, 0.25) is 0 Å². The topological polar surface area (TPSA) is 38.9 Å². The van der Waals surface area contributed by atoms with Gasteiger partial charge >= 0.3 is 0 Å². The van der Waals surface area contributed by atoms with Crippen molar-refractivity contribution < 1.29 is 0 Å². The molecule has 0 spiro atoms. The Labute approximate surface area is 76.8 Å². The first-order valence-electron chi connectivity index (χ1n) is 4.26. The summed E-state index contributed by atoms with van der Waals surface area (Å²) >= 11 is 1.75. The molecule has 0 amide bonds. The first kappa shape index (κ1) is 8.20. The van der Waals surface area contributed by atoms with Crippen LogP contribution in [0.25, 0.3) is 0 Å². The van der Waals surface area contributed by atoms with Crippen molar-refractivity contribution in [1.82, 2.24) is 4.98 Å². The Morgan fingerprint density at radius 1 is 1.67 bits per heavy atom. The van der Waals surface area contributed by atoms with Gasteiger partial charge in [0.05, 0.1) is 5.51 Å². The highest BCUT2D eigenvalue weighted by Crippen LogP contribution is 2.64. The van der Waals surface area contributed by atoms with E-state index in [-0.39, 0.29) is 0 Å². The summed E-state index contributed by atoms with van der Waals surface area (Å²) in [5.74, 6) is 1.33. The fourth-order valence-corrected chi connectivity index (χ4v) is 3.11. The molecule has 0 radical (unpaired) electrons.